The third-order valence-corrected chi connectivity index (χ3v) is 6.34. The molecule has 1 fully saturated rings. The summed E-state index contributed by atoms with van der Waals surface area (Å²) < 4.78 is 0. The van der Waals surface area contributed by atoms with Crippen molar-refractivity contribution in [1.29, 1.82) is 0 Å². The molecule has 160 valence electrons. The summed E-state index contributed by atoms with van der Waals surface area (Å²) in [6, 6.07) is 16.6. The number of hydrogen-bond donors (Lipinski definition) is 2. The first-order valence-electron chi connectivity index (χ1n) is 10.1. The fourth-order valence-corrected chi connectivity index (χ4v) is 4.52. The summed E-state index contributed by atoms with van der Waals surface area (Å²) in [5, 5.41) is 15.6. The van der Waals surface area contributed by atoms with E-state index in [4.69, 9.17) is 11.6 Å². The number of hydrogen-bond acceptors (Lipinski definition) is 5. The topological polar surface area (TPSA) is 87.2 Å². The van der Waals surface area contributed by atoms with Gasteiger partial charge in [-0.05, 0) is 49.1 Å². The number of aromatic nitrogens is 2. The highest BCUT2D eigenvalue weighted by atomic mass is 35.5. The molecule has 4 rings (SSSR count). The van der Waals surface area contributed by atoms with Crippen LogP contribution in [0.15, 0.2) is 54.6 Å². The summed E-state index contributed by atoms with van der Waals surface area (Å²) in [6.45, 7) is 1.23. The molecular formula is C22H22ClN5O2S. The molecule has 0 aliphatic carbocycles. The predicted molar refractivity (Wildman–Crippen MR) is 122 cm³/mol. The molecule has 2 aromatic carbocycles. The summed E-state index contributed by atoms with van der Waals surface area (Å²) in [4.78, 5) is 27.0. The molecule has 1 saturated heterocycles. The highest BCUT2D eigenvalue weighted by molar-refractivity contribution is 7.13. The van der Waals surface area contributed by atoms with Crippen LogP contribution in [0, 0.1) is 0 Å². The third kappa shape index (κ3) is 5.39. The van der Waals surface area contributed by atoms with E-state index in [-0.39, 0.29) is 23.0 Å². The van der Waals surface area contributed by atoms with Crippen LogP contribution >= 0.6 is 22.9 Å². The Morgan fingerprint density at radius 2 is 1.87 bits per heavy atom. The lowest BCUT2D eigenvalue weighted by molar-refractivity contribution is 0.102. The van der Waals surface area contributed by atoms with Crippen molar-refractivity contribution in [2.45, 2.75) is 25.3 Å². The number of halogens is 1. The van der Waals surface area contributed by atoms with Crippen LogP contribution < -0.4 is 10.6 Å². The number of anilines is 1. The van der Waals surface area contributed by atoms with Crippen molar-refractivity contribution in [2.75, 3.05) is 18.4 Å². The maximum absolute atomic E-state index is 12.7. The van der Waals surface area contributed by atoms with Gasteiger partial charge in [0, 0.05) is 23.8 Å². The first kappa shape index (κ1) is 21.3. The lowest BCUT2D eigenvalue weighted by Gasteiger charge is -2.23. The molecule has 3 aromatic rings. The first-order chi connectivity index (χ1) is 15.1. The largest absolute Gasteiger partial charge is 0.338 e. The van der Waals surface area contributed by atoms with Gasteiger partial charge in [-0.1, -0.05) is 53.3 Å². The van der Waals surface area contributed by atoms with Crippen LogP contribution in [-0.4, -0.2) is 40.1 Å². The van der Waals surface area contributed by atoms with E-state index in [0.717, 1.165) is 19.3 Å². The molecule has 3 amide bonds. The molecule has 31 heavy (non-hydrogen) atoms. The quantitative estimate of drug-likeness (QED) is 0.571. The zero-order valence-electron chi connectivity index (χ0n) is 16.8. The van der Waals surface area contributed by atoms with E-state index in [0.29, 0.717) is 28.8 Å². The molecule has 0 spiro atoms. The highest BCUT2D eigenvalue weighted by Crippen LogP contribution is 2.33. The Kier molecular flexibility index (Phi) is 6.79. The number of amides is 3. The van der Waals surface area contributed by atoms with Gasteiger partial charge in [0.2, 0.25) is 5.01 Å². The van der Waals surface area contributed by atoms with Crippen molar-refractivity contribution in [3.8, 4) is 0 Å². The molecule has 2 heterocycles. The van der Waals surface area contributed by atoms with E-state index in [9.17, 15) is 9.59 Å². The zero-order chi connectivity index (χ0) is 21.6. The van der Waals surface area contributed by atoms with E-state index in [1.54, 1.807) is 29.2 Å². The average molecular weight is 456 g/mol. The van der Waals surface area contributed by atoms with Crippen LogP contribution in [0.25, 0.3) is 0 Å². The number of nitrogens with one attached hydrogen (secondary N) is 2. The molecule has 0 bridgehead atoms. The number of likely N-dealkylation sites (tertiary alicyclic amines) is 1. The van der Waals surface area contributed by atoms with Gasteiger partial charge in [-0.25, -0.2) is 4.79 Å². The molecule has 0 radical (unpaired) electrons. The number of carbonyl (C=O) groups excluding carboxylic acids is 2. The Hall–Kier alpha value is -2.97. The van der Waals surface area contributed by atoms with E-state index < -0.39 is 0 Å². The van der Waals surface area contributed by atoms with Crippen molar-refractivity contribution in [2.24, 2.45) is 0 Å². The molecule has 7 nitrogen and oxygen atoms in total. The van der Waals surface area contributed by atoms with Gasteiger partial charge < -0.3 is 15.5 Å². The number of urea groups is 1. The van der Waals surface area contributed by atoms with Crippen molar-refractivity contribution in [3.05, 3.63) is 75.2 Å². The molecule has 1 unspecified atom stereocenters. The highest BCUT2D eigenvalue weighted by Gasteiger charge is 2.33. The zero-order valence-corrected chi connectivity index (χ0v) is 18.3. The van der Waals surface area contributed by atoms with E-state index >= 15 is 0 Å². The van der Waals surface area contributed by atoms with Gasteiger partial charge in [0.25, 0.3) is 5.91 Å². The van der Waals surface area contributed by atoms with Gasteiger partial charge >= 0.3 is 6.03 Å². The molecule has 0 saturated carbocycles. The number of rotatable bonds is 6. The SMILES string of the molecule is O=C(Nc1ccc(Cl)cc1)c1nnc(C2CCCN2C(=O)NCCc2ccccc2)s1. The van der Waals surface area contributed by atoms with Gasteiger partial charge in [0.05, 0.1) is 6.04 Å². The minimum atomic E-state index is -0.331. The summed E-state index contributed by atoms with van der Waals surface area (Å²) in [5.41, 5.74) is 1.81. The molecule has 1 aliphatic heterocycles. The fourth-order valence-electron chi connectivity index (χ4n) is 3.51. The van der Waals surface area contributed by atoms with Crippen LogP contribution in [0.5, 0.6) is 0 Å². The molecule has 9 heteroatoms. The van der Waals surface area contributed by atoms with Crippen molar-refractivity contribution >= 4 is 40.6 Å². The second kappa shape index (κ2) is 9.89. The Labute approximate surface area is 189 Å². The molecule has 1 aromatic heterocycles. The standard InChI is InChI=1S/C22H22ClN5O2S/c23-16-8-10-17(11-9-16)25-19(29)21-27-26-20(31-21)18-7-4-14-28(18)22(30)24-13-12-15-5-2-1-3-6-15/h1-3,5-6,8-11,18H,4,7,12-14H2,(H,24,30)(H,25,29). The van der Waals surface area contributed by atoms with Gasteiger partial charge in [-0.15, -0.1) is 10.2 Å². The van der Waals surface area contributed by atoms with Crippen molar-refractivity contribution in [1.82, 2.24) is 20.4 Å². The summed E-state index contributed by atoms with van der Waals surface area (Å²) in [6.07, 6.45) is 2.47. The molecule has 1 atom stereocenters. The summed E-state index contributed by atoms with van der Waals surface area (Å²) in [7, 11) is 0. The number of benzene rings is 2. The van der Waals surface area contributed by atoms with Crippen LogP contribution in [-0.2, 0) is 6.42 Å². The van der Waals surface area contributed by atoms with E-state index in [1.807, 2.05) is 30.3 Å². The second-order valence-corrected chi connectivity index (χ2v) is 8.67. The minimum absolute atomic E-state index is 0.110. The normalized spacial score (nSPS) is 15.6. The predicted octanol–water partition coefficient (Wildman–Crippen LogP) is 4.53. The lowest BCUT2D eigenvalue weighted by Crippen LogP contribution is -2.40. The summed E-state index contributed by atoms with van der Waals surface area (Å²) >= 11 is 7.09. The molecular weight excluding hydrogens is 434 g/mol. The Balaban J connectivity index is 1.35. The van der Waals surface area contributed by atoms with Crippen molar-refractivity contribution in [3.63, 3.8) is 0 Å². The monoisotopic (exact) mass is 455 g/mol. The molecule has 1 aliphatic rings. The van der Waals surface area contributed by atoms with Crippen LogP contribution in [0.4, 0.5) is 10.5 Å². The molecule has 2 N–H and O–H groups in total. The van der Waals surface area contributed by atoms with Crippen LogP contribution in [0.1, 0.15) is 39.3 Å². The van der Waals surface area contributed by atoms with Gasteiger partial charge in [0.1, 0.15) is 5.01 Å². The maximum Gasteiger partial charge on any atom is 0.318 e. The van der Waals surface area contributed by atoms with Gasteiger partial charge in [-0.2, -0.15) is 0 Å². The fraction of sp³-hybridized carbons (Fsp3) is 0.273. The Morgan fingerprint density at radius 3 is 2.65 bits per heavy atom. The van der Waals surface area contributed by atoms with Crippen molar-refractivity contribution < 1.29 is 9.59 Å². The number of carbonyl (C=O) groups is 2. The Morgan fingerprint density at radius 1 is 1.10 bits per heavy atom. The lowest BCUT2D eigenvalue weighted by atomic mass is 10.1. The number of nitrogens with zero attached hydrogens (tertiary/aromatic N) is 3. The van der Waals surface area contributed by atoms with Gasteiger partial charge in [-0.3, -0.25) is 4.79 Å². The first-order valence-corrected chi connectivity index (χ1v) is 11.3. The third-order valence-electron chi connectivity index (χ3n) is 5.07. The average Bonchev–Trinajstić information content (AvgIpc) is 3.46. The van der Waals surface area contributed by atoms with Crippen LogP contribution in [0.3, 0.4) is 0 Å². The summed E-state index contributed by atoms with van der Waals surface area (Å²) in [5.74, 6) is -0.331. The maximum atomic E-state index is 12.7. The van der Waals surface area contributed by atoms with Crippen LogP contribution in [0.2, 0.25) is 5.02 Å². The smallest absolute Gasteiger partial charge is 0.318 e. The van der Waals surface area contributed by atoms with Gasteiger partial charge in [0.15, 0.2) is 0 Å². The minimum Gasteiger partial charge on any atom is -0.338 e. The van der Waals surface area contributed by atoms with E-state index in [2.05, 4.69) is 20.8 Å². The second-order valence-electron chi connectivity index (χ2n) is 7.23. The van der Waals surface area contributed by atoms with E-state index in [1.165, 1.54) is 16.9 Å². The Bertz CT molecular complexity index is 1040.